The molecule has 0 saturated carbocycles. The van der Waals surface area contributed by atoms with Crippen molar-refractivity contribution in [1.29, 1.82) is 0 Å². The number of hydrogen-bond donors (Lipinski definition) is 2. The summed E-state index contributed by atoms with van der Waals surface area (Å²) in [7, 11) is 0. The Kier molecular flexibility index (Phi) is 8.62. The first kappa shape index (κ1) is 26.1. The number of nitrogens with one attached hydrogen (secondary N) is 2. The van der Waals surface area contributed by atoms with Crippen molar-refractivity contribution in [3.8, 4) is 0 Å². The highest BCUT2D eigenvalue weighted by Gasteiger charge is 2.21. The predicted octanol–water partition coefficient (Wildman–Crippen LogP) is 5.75. The van der Waals surface area contributed by atoms with E-state index < -0.39 is 6.04 Å². The van der Waals surface area contributed by atoms with Gasteiger partial charge in [0.25, 0.3) is 5.91 Å². The van der Waals surface area contributed by atoms with Gasteiger partial charge >= 0.3 is 0 Å². The number of rotatable bonds is 8. The van der Waals surface area contributed by atoms with Crippen LogP contribution in [0.25, 0.3) is 0 Å². The molecule has 1 heterocycles. The van der Waals surface area contributed by atoms with Crippen molar-refractivity contribution in [2.75, 3.05) is 11.1 Å². The Hall–Kier alpha value is -2.55. The Morgan fingerprint density at radius 2 is 1.74 bits per heavy atom. The maximum Gasteiger partial charge on any atom is 0.251 e. The Morgan fingerprint density at radius 1 is 1.06 bits per heavy atom. The highest BCUT2D eigenvalue weighted by Crippen LogP contribution is 2.25. The highest BCUT2D eigenvalue weighted by molar-refractivity contribution is 7.99. The van der Waals surface area contributed by atoms with Gasteiger partial charge in [0.05, 0.1) is 21.8 Å². The van der Waals surface area contributed by atoms with Crippen molar-refractivity contribution in [3.63, 3.8) is 0 Å². The molecule has 34 heavy (non-hydrogen) atoms. The van der Waals surface area contributed by atoms with Crippen LogP contribution < -0.4 is 10.6 Å². The predicted molar refractivity (Wildman–Crippen MR) is 138 cm³/mol. The Morgan fingerprint density at radius 3 is 2.35 bits per heavy atom. The molecule has 3 rings (SSSR count). The molecule has 0 saturated heterocycles. The van der Waals surface area contributed by atoms with E-state index in [1.807, 2.05) is 51.3 Å². The van der Waals surface area contributed by atoms with E-state index in [4.69, 9.17) is 23.2 Å². The van der Waals surface area contributed by atoms with Gasteiger partial charge in [-0.2, -0.15) is 0 Å². The first-order chi connectivity index (χ1) is 16.1. The van der Waals surface area contributed by atoms with Crippen LogP contribution in [-0.4, -0.2) is 32.3 Å². The molecule has 3 aromatic rings. The van der Waals surface area contributed by atoms with Crippen LogP contribution >= 0.6 is 35.0 Å². The van der Waals surface area contributed by atoms with E-state index >= 15 is 0 Å². The number of halogens is 2. The molecule has 0 unspecified atom stereocenters. The molecule has 0 bridgehead atoms. The fourth-order valence-electron chi connectivity index (χ4n) is 3.69. The third-order valence-electron chi connectivity index (χ3n) is 5.25. The summed E-state index contributed by atoms with van der Waals surface area (Å²) in [5.74, 6) is 0.376. The van der Waals surface area contributed by atoms with Gasteiger partial charge in [0.15, 0.2) is 11.0 Å². The molecule has 1 aromatic heterocycles. The van der Waals surface area contributed by atoms with Crippen molar-refractivity contribution >= 4 is 52.5 Å². The molecule has 0 aliphatic carbocycles. The lowest BCUT2D eigenvalue weighted by atomic mass is 10.1. The zero-order valence-electron chi connectivity index (χ0n) is 19.7. The van der Waals surface area contributed by atoms with Gasteiger partial charge in [-0.05, 0) is 63.9 Å². The van der Waals surface area contributed by atoms with Crippen molar-refractivity contribution in [2.45, 2.75) is 52.4 Å². The SMILES string of the molecule is CCn1c(SCC(=O)Nc2c(C)cc(C)cc2C)nnc1[C@H](C)NC(=O)c1ccc(Cl)c(Cl)c1. The third-order valence-corrected chi connectivity index (χ3v) is 6.96. The molecular formula is C24H27Cl2N5O2S. The molecule has 0 aliphatic heterocycles. The molecule has 10 heteroatoms. The topological polar surface area (TPSA) is 88.9 Å². The minimum absolute atomic E-state index is 0.117. The summed E-state index contributed by atoms with van der Waals surface area (Å²) >= 11 is 13.3. The van der Waals surface area contributed by atoms with E-state index in [0.717, 1.165) is 22.4 Å². The van der Waals surface area contributed by atoms with Crippen LogP contribution in [0.1, 0.15) is 52.8 Å². The van der Waals surface area contributed by atoms with Crippen molar-refractivity contribution in [2.24, 2.45) is 0 Å². The van der Waals surface area contributed by atoms with Gasteiger partial charge in [-0.3, -0.25) is 9.59 Å². The zero-order chi connectivity index (χ0) is 25.0. The number of aryl methyl sites for hydroxylation is 3. The second-order valence-corrected chi connectivity index (χ2v) is 9.78. The van der Waals surface area contributed by atoms with Gasteiger partial charge in [0, 0.05) is 17.8 Å². The van der Waals surface area contributed by atoms with Crippen molar-refractivity contribution < 1.29 is 9.59 Å². The van der Waals surface area contributed by atoms with Crippen molar-refractivity contribution in [3.05, 3.63) is 68.5 Å². The molecule has 7 nitrogen and oxygen atoms in total. The molecule has 0 radical (unpaired) electrons. The maximum absolute atomic E-state index is 12.6. The second-order valence-electron chi connectivity index (χ2n) is 8.02. The quantitative estimate of drug-likeness (QED) is 0.369. The lowest BCUT2D eigenvalue weighted by Gasteiger charge is -2.15. The summed E-state index contributed by atoms with van der Waals surface area (Å²) in [6, 6.07) is 8.39. The summed E-state index contributed by atoms with van der Waals surface area (Å²) in [6.07, 6.45) is 0. The number of carbonyl (C=O) groups is 2. The number of benzene rings is 2. The molecular weight excluding hydrogens is 493 g/mol. The van der Waals surface area contributed by atoms with Crippen LogP contribution in [0.5, 0.6) is 0 Å². The molecule has 1 atom stereocenters. The third kappa shape index (κ3) is 6.11. The lowest BCUT2D eigenvalue weighted by molar-refractivity contribution is -0.113. The summed E-state index contributed by atoms with van der Waals surface area (Å²) in [5.41, 5.74) is 4.46. The van der Waals surface area contributed by atoms with Gasteiger partial charge in [-0.25, -0.2) is 0 Å². The molecule has 2 amide bonds. The Balaban J connectivity index is 1.66. The first-order valence-electron chi connectivity index (χ1n) is 10.8. The van der Waals surface area contributed by atoms with E-state index in [0.29, 0.717) is 33.1 Å². The fraction of sp³-hybridized carbons (Fsp3) is 0.333. The number of carbonyl (C=O) groups excluding carboxylic acids is 2. The van der Waals surface area contributed by atoms with Crippen LogP contribution in [0.4, 0.5) is 5.69 Å². The number of aromatic nitrogens is 3. The fourth-order valence-corrected chi connectivity index (χ4v) is 4.80. The Bertz CT molecular complexity index is 1210. The summed E-state index contributed by atoms with van der Waals surface area (Å²) in [5, 5.41) is 15.7. The lowest BCUT2D eigenvalue weighted by Crippen LogP contribution is -2.28. The zero-order valence-corrected chi connectivity index (χ0v) is 22.0. The van der Waals surface area contributed by atoms with Gasteiger partial charge < -0.3 is 15.2 Å². The van der Waals surface area contributed by atoms with E-state index in [2.05, 4.69) is 20.8 Å². The van der Waals surface area contributed by atoms with E-state index in [1.165, 1.54) is 17.8 Å². The smallest absolute Gasteiger partial charge is 0.251 e. The molecule has 0 fully saturated rings. The van der Waals surface area contributed by atoms with Gasteiger partial charge in [-0.15, -0.1) is 10.2 Å². The minimum atomic E-state index is -0.407. The normalized spacial score (nSPS) is 11.9. The summed E-state index contributed by atoms with van der Waals surface area (Å²) < 4.78 is 1.89. The van der Waals surface area contributed by atoms with Crippen LogP contribution in [0.2, 0.25) is 10.0 Å². The van der Waals surface area contributed by atoms with Crippen LogP contribution in [-0.2, 0) is 11.3 Å². The monoisotopic (exact) mass is 519 g/mol. The number of thioether (sulfide) groups is 1. The summed E-state index contributed by atoms with van der Waals surface area (Å²) in [6.45, 7) is 10.4. The van der Waals surface area contributed by atoms with Gasteiger partial charge in [0.2, 0.25) is 5.91 Å². The standard InChI is InChI=1S/C24H27Cl2N5O2S/c1-6-31-22(16(5)27-23(33)17-7-8-18(25)19(26)11-17)29-30-24(31)34-12-20(32)28-21-14(3)9-13(2)10-15(21)4/h7-11,16H,6,12H2,1-5H3,(H,27,33)(H,28,32)/t16-/m0/s1. The number of nitrogens with zero attached hydrogens (tertiary/aromatic N) is 3. The van der Waals surface area contributed by atoms with Crippen LogP contribution in [0, 0.1) is 20.8 Å². The maximum atomic E-state index is 12.6. The average molecular weight is 520 g/mol. The van der Waals surface area contributed by atoms with E-state index in [-0.39, 0.29) is 17.6 Å². The number of amides is 2. The first-order valence-corrected chi connectivity index (χ1v) is 12.5. The Labute approximate surface area is 213 Å². The molecule has 0 spiro atoms. The average Bonchev–Trinajstić information content (AvgIpc) is 3.19. The highest BCUT2D eigenvalue weighted by atomic mass is 35.5. The van der Waals surface area contributed by atoms with E-state index in [1.54, 1.807) is 12.1 Å². The summed E-state index contributed by atoms with van der Waals surface area (Å²) in [4.78, 5) is 25.2. The van der Waals surface area contributed by atoms with Crippen LogP contribution in [0.3, 0.4) is 0 Å². The molecule has 0 aliphatic rings. The minimum Gasteiger partial charge on any atom is -0.342 e. The molecule has 2 N–H and O–H groups in total. The number of hydrogen-bond acceptors (Lipinski definition) is 5. The molecule has 180 valence electrons. The van der Waals surface area contributed by atoms with Gasteiger partial charge in [0.1, 0.15) is 0 Å². The molecule has 2 aromatic carbocycles. The van der Waals surface area contributed by atoms with E-state index in [9.17, 15) is 9.59 Å². The largest absolute Gasteiger partial charge is 0.342 e. The van der Waals surface area contributed by atoms with Gasteiger partial charge in [-0.1, -0.05) is 52.7 Å². The van der Waals surface area contributed by atoms with Crippen molar-refractivity contribution in [1.82, 2.24) is 20.1 Å². The number of anilines is 1. The second kappa shape index (κ2) is 11.3. The van der Waals surface area contributed by atoms with Crippen LogP contribution in [0.15, 0.2) is 35.5 Å².